The zero-order chi connectivity index (χ0) is 17.8. The molecule has 0 saturated carbocycles. The van der Waals surface area contributed by atoms with Crippen LogP contribution in [0.4, 0.5) is 0 Å². The van der Waals surface area contributed by atoms with Crippen molar-refractivity contribution in [3.63, 3.8) is 0 Å². The lowest BCUT2D eigenvalue weighted by Gasteiger charge is -2.00. The van der Waals surface area contributed by atoms with Gasteiger partial charge in [0.2, 0.25) is 17.6 Å². The molecule has 0 spiro atoms. The van der Waals surface area contributed by atoms with Crippen LogP contribution in [0.25, 0.3) is 16.5 Å². The molecule has 130 valence electrons. The fraction of sp³-hybridized carbons (Fsp3) is 0.111. The lowest BCUT2D eigenvalue weighted by molar-refractivity contribution is -0.120. The molecule has 26 heavy (non-hydrogen) atoms. The Morgan fingerprint density at radius 2 is 1.92 bits per heavy atom. The second-order valence-corrected chi connectivity index (χ2v) is 6.38. The van der Waals surface area contributed by atoms with E-state index in [4.69, 9.17) is 4.52 Å². The average molecular weight is 365 g/mol. The van der Waals surface area contributed by atoms with E-state index in [0.29, 0.717) is 11.7 Å². The number of hydrogen-bond acceptors (Lipinski definition) is 6. The fourth-order valence-electron chi connectivity index (χ4n) is 2.39. The molecule has 3 aromatic heterocycles. The number of amides is 1. The number of thiazole rings is 1. The summed E-state index contributed by atoms with van der Waals surface area (Å²) in [4.78, 5) is 20.9. The summed E-state index contributed by atoms with van der Waals surface area (Å²) in [5.41, 5.74) is 1.60. The monoisotopic (exact) mass is 365 g/mol. The van der Waals surface area contributed by atoms with Crippen molar-refractivity contribution in [2.45, 2.75) is 13.0 Å². The third kappa shape index (κ3) is 3.70. The zero-order valence-electron chi connectivity index (χ0n) is 13.7. The normalized spacial score (nSPS) is 10.8. The summed E-state index contributed by atoms with van der Waals surface area (Å²) < 4.78 is 7.09. The molecular formula is C18H15N5O2S. The van der Waals surface area contributed by atoms with Gasteiger partial charge in [-0.15, -0.1) is 11.3 Å². The van der Waals surface area contributed by atoms with E-state index in [-0.39, 0.29) is 18.9 Å². The summed E-state index contributed by atoms with van der Waals surface area (Å²) in [6.45, 7) is 0.188. The Bertz CT molecular complexity index is 992. The lowest BCUT2D eigenvalue weighted by atomic mass is 10.2. The minimum Gasteiger partial charge on any atom is -0.347 e. The molecule has 3 heterocycles. The van der Waals surface area contributed by atoms with Crippen molar-refractivity contribution in [1.82, 2.24) is 25.0 Å². The van der Waals surface area contributed by atoms with Crippen molar-refractivity contribution in [3.8, 4) is 16.5 Å². The predicted octanol–water partition coefficient (Wildman–Crippen LogP) is 2.84. The van der Waals surface area contributed by atoms with Crippen molar-refractivity contribution in [3.05, 3.63) is 71.8 Å². The van der Waals surface area contributed by atoms with Crippen LogP contribution in [0.2, 0.25) is 0 Å². The lowest BCUT2D eigenvalue weighted by Crippen LogP contribution is -2.24. The van der Waals surface area contributed by atoms with Crippen LogP contribution >= 0.6 is 11.3 Å². The van der Waals surface area contributed by atoms with E-state index in [1.165, 1.54) is 11.3 Å². The van der Waals surface area contributed by atoms with Crippen LogP contribution in [0.1, 0.15) is 11.6 Å². The summed E-state index contributed by atoms with van der Waals surface area (Å²) in [5, 5.41) is 9.43. The minimum atomic E-state index is -0.145. The van der Waals surface area contributed by atoms with Crippen LogP contribution in [-0.2, 0) is 17.8 Å². The van der Waals surface area contributed by atoms with Gasteiger partial charge in [0.05, 0.1) is 18.7 Å². The quantitative estimate of drug-likeness (QED) is 0.568. The van der Waals surface area contributed by atoms with E-state index in [1.807, 2.05) is 64.8 Å². The maximum absolute atomic E-state index is 12.1. The molecule has 0 radical (unpaired) electrons. The third-order valence-electron chi connectivity index (χ3n) is 3.64. The average Bonchev–Trinajstić information content (AvgIpc) is 3.41. The highest BCUT2D eigenvalue weighted by atomic mass is 32.1. The second kappa shape index (κ2) is 7.32. The van der Waals surface area contributed by atoms with Gasteiger partial charge in [0, 0.05) is 23.3 Å². The van der Waals surface area contributed by atoms with Crippen LogP contribution in [0.3, 0.4) is 0 Å². The van der Waals surface area contributed by atoms with E-state index < -0.39 is 0 Å². The highest BCUT2D eigenvalue weighted by Gasteiger charge is 2.12. The van der Waals surface area contributed by atoms with Gasteiger partial charge in [-0.3, -0.25) is 4.79 Å². The first-order valence-electron chi connectivity index (χ1n) is 8.00. The summed E-state index contributed by atoms with van der Waals surface area (Å²) in [6.07, 6.45) is 4.04. The van der Waals surface area contributed by atoms with Gasteiger partial charge >= 0.3 is 0 Å². The molecule has 4 aromatic rings. The summed E-state index contributed by atoms with van der Waals surface area (Å²) in [7, 11) is 0. The number of aromatic nitrogens is 4. The topological polar surface area (TPSA) is 85.8 Å². The molecule has 0 aliphatic heterocycles. The van der Waals surface area contributed by atoms with Crippen molar-refractivity contribution < 1.29 is 9.32 Å². The Kier molecular flexibility index (Phi) is 4.57. The van der Waals surface area contributed by atoms with E-state index in [9.17, 15) is 4.79 Å². The van der Waals surface area contributed by atoms with Crippen LogP contribution in [0.15, 0.2) is 64.8 Å². The number of carbonyl (C=O) groups excluding carboxylic acids is 1. The highest BCUT2D eigenvalue weighted by molar-refractivity contribution is 7.12. The summed E-state index contributed by atoms with van der Waals surface area (Å²) in [5.74, 6) is 0.725. The molecule has 0 aliphatic rings. The molecule has 0 saturated heterocycles. The molecular weight excluding hydrogens is 350 g/mol. The molecule has 0 aliphatic carbocycles. The number of nitrogens with zero attached hydrogens (tertiary/aromatic N) is 4. The number of carbonyl (C=O) groups is 1. The van der Waals surface area contributed by atoms with Crippen LogP contribution in [0.5, 0.6) is 0 Å². The molecule has 0 atom stereocenters. The number of hydrogen-bond donors (Lipinski definition) is 1. The summed E-state index contributed by atoms with van der Waals surface area (Å²) in [6, 6.07) is 13.4. The first-order chi connectivity index (χ1) is 12.8. The largest absolute Gasteiger partial charge is 0.347 e. The predicted molar refractivity (Wildman–Crippen MR) is 96.7 cm³/mol. The van der Waals surface area contributed by atoms with Crippen molar-refractivity contribution in [2.75, 3.05) is 0 Å². The molecule has 7 nitrogen and oxygen atoms in total. The molecule has 0 unspecified atom stereocenters. The molecule has 8 heteroatoms. The molecule has 1 N–H and O–H groups in total. The summed E-state index contributed by atoms with van der Waals surface area (Å²) >= 11 is 1.50. The van der Waals surface area contributed by atoms with Gasteiger partial charge in [0.15, 0.2) is 5.13 Å². The minimum absolute atomic E-state index is 0.145. The van der Waals surface area contributed by atoms with Crippen molar-refractivity contribution in [1.29, 1.82) is 0 Å². The molecule has 1 aromatic carbocycles. The fourth-order valence-corrected chi connectivity index (χ4v) is 3.18. The maximum Gasteiger partial charge on any atom is 0.246 e. The maximum atomic E-state index is 12.1. The van der Waals surface area contributed by atoms with Crippen LogP contribution in [-0.4, -0.2) is 25.6 Å². The Balaban J connectivity index is 1.32. The molecule has 1 amide bonds. The van der Waals surface area contributed by atoms with Gasteiger partial charge in [-0.25, -0.2) is 4.98 Å². The van der Waals surface area contributed by atoms with Crippen molar-refractivity contribution >= 4 is 17.2 Å². The first-order valence-corrected chi connectivity index (χ1v) is 8.88. The van der Waals surface area contributed by atoms with E-state index in [1.54, 1.807) is 0 Å². The molecule has 4 rings (SSSR count). The highest BCUT2D eigenvalue weighted by Crippen LogP contribution is 2.16. The third-order valence-corrected chi connectivity index (χ3v) is 4.55. The van der Waals surface area contributed by atoms with Crippen LogP contribution < -0.4 is 5.32 Å². The van der Waals surface area contributed by atoms with E-state index in [0.717, 1.165) is 16.4 Å². The molecule has 0 fully saturated rings. The van der Waals surface area contributed by atoms with Gasteiger partial charge < -0.3 is 14.4 Å². The van der Waals surface area contributed by atoms with Gasteiger partial charge in [0.25, 0.3) is 0 Å². The second-order valence-electron chi connectivity index (χ2n) is 5.54. The zero-order valence-corrected chi connectivity index (χ0v) is 14.5. The van der Waals surface area contributed by atoms with Crippen molar-refractivity contribution in [2.24, 2.45) is 0 Å². The molecule has 0 bridgehead atoms. The number of benzene rings is 1. The number of rotatable bonds is 6. The Labute approximate surface area is 153 Å². The Morgan fingerprint density at radius 1 is 1.12 bits per heavy atom. The van der Waals surface area contributed by atoms with Crippen LogP contribution in [0, 0.1) is 0 Å². The van der Waals surface area contributed by atoms with E-state index >= 15 is 0 Å². The Morgan fingerprint density at radius 3 is 2.73 bits per heavy atom. The van der Waals surface area contributed by atoms with E-state index in [2.05, 4.69) is 20.4 Å². The van der Waals surface area contributed by atoms with Gasteiger partial charge in [0.1, 0.15) is 0 Å². The van der Waals surface area contributed by atoms with Gasteiger partial charge in [-0.2, -0.15) is 4.98 Å². The number of nitrogens with one attached hydrogen (secondary N) is 1. The Hall–Kier alpha value is -3.26. The SMILES string of the molecule is O=C(Cc1csc(-n2cccc2)n1)NCc1nc(-c2ccccc2)no1. The van der Waals surface area contributed by atoms with Gasteiger partial charge in [-0.05, 0) is 12.1 Å². The van der Waals surface area contributed by atoms with Gasteiger partial charge in [-0.1, -0.05) is 35.5 Å². The first kappa shape index (κ1) is 16.2. The smallest absolute Gasteiger partial charge is 0.246 e. The standard InChI is InChI=1S/C18H15N5O2S/c24-15(10-14-12-26-18(20-14)23-8-4-5-9-23)19-11-16-21-17(22-25-16)13-6-2-1-3-7-13/h1-9,12H,10-11H2,(H,19,24).